The largest absolute Gasteiger partial charge is 0.0628 e. The summed E-state index contributed by atoms with van der Waals surface area (Å²) in [5.41, 5.74) is 0.484. The molecule has 0 bridgehead atoms. The fourth-order valence-electron chi connectivity index (χ4n) is 5.54. The van der Waals surface area contributed by atoms with Crippen LogP contribution < -0.4 is 0 Å². The van der Waals surface area contributed by atoms with Crippen LogP contribution in [0.2, 0.25) is 0 Å². The van der Waals surface area contributed by atoms with Gasteiger partial charge in [-0.2, -0.15) is 0 Å². The molecule has 0 aromatic carbocycles. The molecule has 2 saturated carbocycles. The topological polar surface area (TPSA) is 0 Å². The Kier molecular flexibility index (Phi) is 5.24. The Morgan fingerprint density at radius 1 is 0.900 bits per heavy atom. The summed E-state index contributed by atoms with van der Waals surface area (Å²) in [5.74, 6) is 5.89. The predicted molar refractivity (Wildman–Crippen MR) is 89.7 cm³/mol. The lowest BCUT2D eigenvalue weighted by Crippen LogP contribution is -2.42. The molecule has 2 aliphatic rings. The van der Waals surface area contributed by atoms with Crippen molar-refractivity contribution in [2.24, 2.45) is 40.9 Å². The van der Waals surface area contributed by atoms with Gasteiger partial charge in [0.25, 0.3) is 0 Å². The molecule has 2 rings (SSSR count). The van der Waals surface area contributed by atoms with Crippen molar-refractivity contribution < 1.29 is 0 Å². The molecular weight excluding hydrogens is 240 g/mol. The Bertz CT molecular complexity index is 296. The standard InChI is InChI=1S/C20H38/c1-14(2)13-19(20(4,5)6)18-12-8-10-16-15(3)9-7-11-17(16)18/h14-19H,7-13H2,1-6H3. The SMILES string of the molecule is CC(C)CC(C1CCCC2C(C)CCCC21)C(C)(C)C. The smallest absolute Gasteiger partial charge is 0.0332 e. The molecule has 0 saturated heterocycles. The molecular formula is C20H38. The van der Waals surface area contributed by atoms with Gasteiger partial charge in [-0.1, -0.05) is 60.8 Å². The zero-order chi connectivity index (χ0) is 14.9. The van der Waals surface area contributed by atoms with Crippen LogP contribution >= 0.6 is 0 Å². The zero-order valence-corrected chi connectivity index (χ0v) is 14.9. The van der Waals surface area contributed by atoms with Crippen LogP contribution in [-0.2, 0) is 0 Å². The van der Waals surface area contributed by atoms with Crippen molar-refractivity contribution in [1.29, 1.82) is 0 Å². The first-order valence-corrected chi connectivity index (χ1v) is 9.30. The van der Waals surface area contributed by atoms with Gasteiger partial charge in [-0.3, -0.25) is 0 Å². The molecule has 2 aliphatic carbocycles. The minimum atomic E-state index is 0.484. The Labute approximate surface area is 128 Å². The number of fused-ring (bicyclic) bond motifs is 1. The van der Waals surface area contributed by atoms with Gasteiger partial charge in [0.2, 0.25) is 0 Å². The highest BCUT2D eigenvalue weighted by molar-refractivity contribution is 4.93. The van der Waals surface area contributed by atoms with Gasteiger partial charge in [0, 0.05) is 0 Å². The van der Waals surface area contributed by atoms with Gasteiger partial charge in [0.1, 0.15) is 0 Å². The minimum absolute atomic E-state index is 0.484. The fraction of sp³-hybridized carbons (Fsp3) is 1.00. The summed E-state index contributed by atoms with van der Waals surface area (Å²) in [4.78, 5) is 0. The van der Waals surface area contributed by atoms with Crippen molar-refractivity contribution in [3.8, 4) is 0 Å². The van der Waals surface area contributed by atoms with Crippen molar-refractivity contribution in [2.75, 3.05) is 0 Å². The molecule has 0 radical (unpaired) electrons. The van der Waals surface area contributed by atoms with Crippen molar-refractivity contribution in [3.63, 3.8) is 0 Å². The summed E-state index contributed by atoms with van der Waals surface area (Å²) in [6.45, 7) is 14.9. The van der Waals surface area contributed by atoms with E-state index in [9.17, 15) is 0 Å². The van der Waals surface area contributed by atoms with Crippen molar-refractivity contribution in [2.45, 2.75) is 86.5 Å². The van der Waals surface area contributed by atoms with Gasteiger partial charge in [0.15, 0.2) is 0 Å². The number of hydrogen-bond acceptors (Lipinski definition) is 0. The monoisotopic (exact) mass is 278 g/mol. The molecule has 0 heterocycles. The van der Waals surface area contributed by atoms with Gasteiger partial charge in [-0.05, 0) is 66.6 Å². The van der Waals surface area contributed by atoms with E-state index in [1.54, 1.807) is 0 Å². The molecule has 0 aromatic heterocycles. The normalized spacial score (nSPS) is 36.8. The molecule has 118 valence electrons. The van der Waals surface area contributed by atoms with Gasteiger partial charge in [-0.15, -0.1) is 0 Å². The molecule has 0 nitrogen and oxygen atoms in total. The first-order chi connectivity index (χ1) is 9.30. The third kappa shape index (κ3) is 3.60. The lowest BCUT2D eigenvalue weighted by Gasteiger charge is -2.50. The molecule has 5 atom stereocenters. The average Bonchev–Trinajstić information content (AvgIpc) is 2.35. The van der Waals surface area contributed by atoms with E-state index in [4.69, 9.17) is 0 Å². The fourth-order valence-corrected chi connectivity index (χ4v) is 5.54. The first-order valence-electron chi connectivity index (χ1n) is 9.30. The molecule has 0 heteroatoms. The van der Waals surface area contributed by atoms with Crippen molar-refractivity contribution in [1.82, 2.24) is 0 Å². The first kappa shape index (κ1) is 16.4. The summed E-state index contributed by atoms with van der Waals surface area (Å²) >= 11 is 0. The van der Waals surface area contributed by atoms with E-state index in [0.717, 1.165) is 35.5 Å². The van der Waals surface area contributed by atoms with Gasteiger partial charge in [-0.25, -0.2) is 0 Å². The van der Waals surface area contributed by atoms with Crippen LogP contribution in [0.25, 0.3) is 0 Å². The van der Waals surface area contributed by atoms with Crippen LogP contribution in [-0.4, -0.2) is 0 Å². The molecule has 0 N–H and O–H groups in total. The quantitative estimate of drug-likeness (QED) is 0.549. The number of rotatable bonds is 3. The van der Waals surface area contributed by atoms with Crippen molar-refractivity contribution >= 4 is 0 Å². The molecule has 0 amide bonds. The van der Waals surface area contributed by atoms with Crippen LogP contribution in [0.1, 0.15) is 86.5 Å². The van der Waals surface area contributed by atoms with Crippen LogP contribution in [0.3, 0.4) is 0 Å². The highest BCUT2D eigenvalue weighted by Crippen LogP contribution is 2.53. The summed E-state index contributed by atoms with van der Waals surface area (Å²) in [7, 11) is 0. The highest BCUT2D eigenvalue weighted by atomic mass is 14.5. The Morgan fingerprint density at radius 3 is 2.10 bits per heavy atom. The van der Waals surface area contributed by atoms with E-state index in [2.05, 4.69) is 41.5 Å². The van der Waals surface area contributed by atoms with Crippen LogP contribution in [0, 0.1) is 40.9 Å². The average molecular weight is 279 g/mol. The molecule has 0 aromatic rings. The Morgan fingerprint density at radius 2 is 1.50 bits per heavy atom. The van der Waals surface area contributed by atoms with Gasteiger partial charge < -0.3 is 0 Å². The number of hydrogen-bond donors (Lipinski definition) is 0. The van der Waals surface area contributed by atoms with Crippen molar-refractivity contribution in [3.05, 3.63) is 0 Å². The van der Waals surface area contributed by atoms with E-state index in [0.29, 0.717) is 5.41 Å². The highest BCUT2D eigenvalue weighted by Gasteiger charge is 2.44. The second-order valence-corrected chi connectivity index (χ2v) is 9.43. The molecule has 20 heavy (non-hydrogen) atoms. The molecule has 2 fully saturated rings. The second kappa shape index (κ2) is 6.41. The lowest BCUT2D eigenvalue weighted by molar-refractivity contribution is -0.00963. The molecule has 0 aliphatic heterocycles. The summed E-state index contributed by atoms with van der Waals surface area (Å²) in [6.07, 6.45) is 10.5. The van der Waals surface area contributed by atoms with E-state index in [-0.39, 0.29) is 0 Å². The Balaban J connectivity index is 2.18. The molecule has 5 unspecified atom stereocenters. The second-order valence-electron chi connectivity index (χ2n) is 9.43. The lowest BCUT2D eigenvalue weighted by atomic mass is 9.55. The van der Waals surface area contributed by atoms with E-state index < -0.39 is 0 Å². The summed E-state index contributed by atoms with van der Waals surface area (Å²) in [5, 5.41) is 0. The minimum Gasteiger partial charge on any atom is -0.0628 e. The van der Waals surface area contributed by atoms with Gasteiger partial charge in [0.05, 0.1) is 0 Å². The maximum atomic E-state index is 2.54. The summed E-state index contributed by atoms with van der Waals surface area (Å²) < 4.78 is 0. The van der Waals surface area contributed by atoms with E-state index in [1.807, 2.05) is 0 Å². The van der Waals surface area contributed by atoms with Crippen LogP contribution in [0.4, 0.5) is 0 Å². The maximum absolute atomic E-state index is 2.54. The van der Waals surface area contributed by atoms with E-state index in [1.165, 1.54) is 44.9 Å². The van der Waals surface area contributed by atoms with Crippen LogP contribution in [0.15, 0.2) is 0 Å². The third-order valence-corrected chi connectivity index (χ3v) is 6.46. The third-order valence-electron chi connectivity index (χ3n) is 6.46. The maximum Gasteiger partial charge on any atom is -0.0332 e. The van der Waals surface area contributed by atoms with E-state index >= 15 is 0 Å². The zero-order valence-electron chi connectivity index (χ0n) is 14.9. The predicted octanol–water partition coefficient (Wildman–Crippen LogP) is 6.55. The summed E-state index contributed by atoms with van der Waals surface area (Å²) in [6, 6.07) is 0. The molecule has 0 spiro atoms. The van der Waals surface area contributed by atoms with Gasteiger partial charge >= 0.3 is 0 Å². The van der Waals surface area contributed by atoms with Crippen LogP contribution in [0.5, 0.6) is 0 Å². The Hall–Kier alpha value is 0.